The van der Waals surface area contributed by atoms with Crippen LogP contribution in [0.25, 0.3) is 0 Å². The third kappa shape index (κ3) is 2.46. The fraction of sp³-hybridized carbons (Fsp3) is 0.0769. The third-order valence-electron chi connectivity index (χ3n) is 2.43. The predicted octanol–water partition coefficient (Wildman–Crippen LogP) is 4.01. The summed E-state index contributed by atoms with van der Waals surface area (Å²) in [6.07, 6.45) is 0.326. The average molecular weight is 312 g/mol. The second-order valence-corrected chi connectivity index (χ2v) is 4.37. The van der Waals surface area contributed by atoms with Crippen LogP contribution in [-0.2, 0) is 0 Å². The maximum atomic E-state index is 12.7. The van der Waals surface area contributed by atoms with Crippen LogP contribution in [0, 0.1) is 0 Å². The van der Waals surface area contributed by atoms with Gasteiger partial charge in [-0.1, -0.05) is 12.1 Å². The molecule has 0 bridgehead atoms. The van der Waals surface area contributed by atoms with Gasteiger partial charge in [0.15, 0.2) is 5.78 Å². The van der Waals surface area contributed by atoms with Crippen molar-refractivity contribution in [1.82, 2.24) is 4.98 Å². The van der Waals surface area contributed by atoms with Crippen molar-refractivity contribution < 1.29 is 13.6 Å². The highest BCUT2D eigenvalue weighted by Crippen LogP contribution is 2.31. The molecule has 0 aliphatic heterocycles. The Labute approximate surface area is 111 Å². The van der Waals surface area contributed by atoms with E-state index in [0.717, 1.165) is 0 Å². The van der Waals surface area contributed by atoms with Crippen LogP contribution in [0.15, 0.2) is 47.2 Å². The van der Waals surface area contributed by atoms with Gasteiger partial charge in [0.2, 0.25) is 0 Å². The molecule has 5 heteroatoms. The van der Waals surface area contributed by atoms with Gasteiger partial charge in [0.05, 0.1) is 0 Å². The largest absolute Gasteiger partial charge is 0.289 e. The number of benzene rings is 1. The molecule has 1 aromatic carbocycles. The van der Waals surface area contributed by atoms with Crippen LogP contribution in [0.5, 0.6) is 0 Å². The van der Waals surface area contributed by atoms with E-state index in [-0.39, 0.29) is 21.4 Å². The molecule has 92 valence electrons. The maximum Gasteiger partial charge on any atom is 0.264 e. The molecule has 2 nitrogen and oxygen atoms in total. The van der Waals surface area contributed by atoms with Gasteiger partial charge >= 0.3 is 0 Å². The Bertz CT molecular complexity index is 572. The molecule has 2 rings (SSSR count). The Morgan fingerprint density at radius 3 is 2.61 bits per heavy atom. The molecular weight excluding hydrogens is 304 g/mol. The molecule has 0 unspecified atom stereocenters. The highest BCUT2D eigenvalue weighted by atomic mass is 79.9. The molecule has 1 heterocycles. The van der Waals surface area contributed by atoms with E-state index in [1.54, 1.807) is 18.3 Å². The summed E-state index contributed by atoms with van der Waals surface area (Å²) in [6.45, 7) is 0. The molecule has 0 aliphatic carbocycles. The summed E-state index contributed by atoms with van der Waals surface area (Å²) in [5, 5.41) is 0. The normalized spacial score (nSPS) is 10.7. The van der Waals surface area contributed by atoms with Gasteiger partial charge < -0.3 is 0 Å². The monoisotopic (exact) mass is 311 g/mol. The Morgan fingerprint density at radius 2 is 2.00 bits per heavy atom. The van der Waals surface area contributed by atoms with Crippen LogP contribution < -0.4 is 0 Å². The quantitative estimate of drug-likeness (QED) is 0.802. The molecule has 0 N–H and O–H groups in total. The smallest absolute Gasteiger partial charge is 0.264 e. The number of hydrogen-bond donors (Lipinski definition) is 0. The summed E-state index contributed by atoms with van der Waals surface area (Å²) in [4.78, 5) is 16.0. The molecule has 0 radical (unpaired) electrons. The van der Waals surface area contributed by atoms with Crippen LogP contribution in [0.1, 0.15) is 27.9 Å². The van der Waals surface area contributed by atoms with Crippen molar-refractivity contribution in [2.75, 3.05) is 0 Å². The molecule has 1 aromatic heterocycles. The van der Waals surface area contributed by atoms with Gasteiger partial charge in [-0.25, -0.2) is 8.78 Å². The van der Waals surface area contributed by atoms with Gasteiger partial charge in [-0.3, -0.25) is 9.78 Å². The minimum Gasteiger partial charge on any atom is -0.289 e. The Kier molecular flexibility index (Phi) is 3.81. The summed E-state index contributed by atoms with van der Waals surface area (Å²) in [6, 6.07) is 7.45. The fourth-order valence-electron chi connectivity index (χ4n) is 1.55. The zero-order valence-corrected chi connectivity index (χ0v) is 10.7. The van der Waals surface area contributed by atoms with E-state index < -0.39 is 6.43 Å². The molecule has 0 amide bonds. The third-order valence-corrected chi connectivity index (χ3v) is 3.32. The first-order valence-electron chi connectivity index (χ1n) is 5.12. The van der Waals surface area contributed by atoms with Crippen LogP contribution in [0.2, 0.25) is 0 Å². The molecule has 0 aliphatic rings. The molecule has 0 saturated heterocycles. The number of aromatic nitrogens is 1. The van der Waals surface area contributed by atoms with Crippen LogP contribution in [0.3, 0.4) is 0 Å². The number of alkyl halides is 2. The van der Waals surface area contributed by atoms with Crippen LogP contribution in [0.4, 0.5) is 8.78 Å². The summed E-state index contributed by atoms with van der Waals surface area (Å²) >= 11 is 3.06. The molecule has 0 saturated carbocycles. The van der Waals surface area contributed by atoms with Gasteiger partial charge in [-0.05, 0) is 34.1 Å². The number of pyridine rings is 1. The first kappa shape index (κ1) is 12.8. The molecule has 0 spiro atoms. The van der Waals surface area contributed by atoms with Crippen molar-refractivity contribution in [1.29, 1.82) is 0 Å². The summed E-state index contributed by atoms with van der Waals surface area (Å²) in [7, 11) is 0. The lowest BCUT2D eigenvalue weighted by Gasteiger charge is -2.08. The zero-order chi connectivity index (χ0) is 13.1. The van der Waals surface area contributed by atoms with Crippen LogP contribution >= 0.6 is 15.9 Å². The van der Waals surface area contributed by atoms with Crippen LogP contribution in [-0.4, -0.2) is 10.8 Å². The highest BCUT2D eigenvalue weighted by Gasteiger charge is 2.18. The minimum absolute atomic E-state index is 0.133. The van der Waals surface area contributed by atoms with Gasteiger partial charge in [-0.15, -0.1) is 0 Å². The van der Waals surface area contributed by atoms with E-state index in [4.69, 9.17) is 0 Å². The van der Waals surface area contributed by atoms with E-state index in [9.17, 15) is 13.6 Å². The molecule has 0 atom stereocenters. The van der Waals surface area contributed by atoms with Crippen molar-refractivity contribution >= 4 is 21.7 Å². The number of carbonyl (C=O) groups excluding carboxylic acids is 1. The maximum absolute atomic E-state index is 12.7. The van der Waals surface area contributed by atoms with E-state index in [1.807, 2.05) is 0 Å². The lowest BCUT2D eigenvalue weighted by molar-refractivity contribution is 0.103. The number of carbonyl (C=O) groups is 1. The summed E-state index contributed by atoms with van der Waals surface area (Å²) < 4.78 is 25.6. The molecule has 2 aromatic rings. The Balaban J connectivity index is 2.47. The number of hydrogen-bond acceptors (Lipinski definition) is 2. The predicted molar refractivity (Wildman–Crippen MR) is 66.8 cm³/mol. The van der Waals surface area contributed by atoms with Gasteiger partial charge in [0, 0.05) is 33.6 Å². The number of rotatable bonds is 3. The highest BCUT2D eigenvalue weighted by molar-refractivity contribution is 9.10. The lowest BCUT2D eigenvalue weighted by atomic mass is 10.0. The van der Waals surface area contributed by atoms with Gasteiger partial charge in [0.25, 0.3) is 6.43 Å². The zero-order valence-electron chi connectivity index (χ0n) is 9.11. The second-order valence-electron chi connectivity index (χ2n) is 3.58. The lowest BCUT2D eigenvalue weighted by Crippen LogP contribution is -2.04. The van der Waals surface area contributed by atoms with E-state index in [2.05, 4.69) is 20.9 Å². The standard InChI is InChI=1S/C13H8BrF2NO/c14-11-9(4-1-5-10(11)13(15)16)12(18)8-3-2-6-17-7-8/h1-7,13H. The first-order chi connectivity index (χ1) is 8.61. The van der Waals surface area contributed by atoms with Crippen molar-refractivity contribution in [3.05, 3.63) is 63.9 Å². The van der Waals surface area contributed by atoms with Gasteiger partial charge in [0.1, 0.15) is 0 Å². The van der Waals surface area contributed by atoms with Gasteiger partial charge in [-0.2, -0.15) is 0 Å². The molecular formula is C13H8BrF2NO. The second kappa shape index (κ2) is 5.35. The Morgan fingerprint density at radius 1 is 1.22 bits per heavy atom. The number of nitrogens with zero attached hydrogens (tertiary/aromatic N) is 1. The molecule has 18 heavy (non-hydrogen) atoms. The number of halogens is 3. The van der Waals surface area contributed by atoms with Crippen molar-refractivity contribution in [2.24, 2.45) is 0 Å². The SMILES string of the molecule is O=C(c1cccnc1)c1cccc(C(F)F)c1Br. The van der Waals surface area contributed by atoms with Crippen molar-refractivity contribution in [3.63, 3.8) is 0 Å². The molecule has 0 fully saturated rings. The number of ketones is 1. The fourth-order valence-corrected chi connectivity index (χ4v) is 2.16. The first-order valence-corrected chi connectivity index (χ1v) is 5.92. The van der Waals surface area contributed by atoms with Crippen molar-refractivity contribution in [3.8, 4) is 0 Å². The van der Waals surface area contributed by atoms with E-state index >= 15 is 0 Å². The average Bonchev–Trinajstić information content (AvgIpc) is 2.39. The Hall–Kier alpha value is -1.62. The summed E-state index contributed by atoms with van der Waals surface area (Å²) in [5.74, 6) is -0.336. The minimum atomic E-state index is -2.62. The van der Waals surface area contributed by atoms with Crippen molar-refractivity contribution in [2.45, 2.75) is 6.43 Å². The topological polar surface area (TPSA) is 30.0 Å². The summed E-state index contributed by atoms with van der Waals surface area (Å²) in [5.41, 5.74) is 0.384. The van der Waals surface area contributed by atoms with E-state index in [0.29, 0.717) is 5.56 Å². The van der Waals surface area contributed by atoms with E-state index in [1.165, 1.54) is 24.4 Å².